The summed E-state index contributed by atoms with van der Waals surface area (Å²) in [6.07, 6.45) is 5.07. The van der Waals surface area contributed by atoms with E-state index in [4.69, 9.17) is 16.3 Å². The van der Waals surface area contributed by atoms with E-state index in [1.807, 2.05) is 0 Å². The topological polar surface area (TPSA) is 21.3 Å². The van der Waals surface area contributed by atoms with E-state index in [0.29, 0.717) is 12.1 Å². The quantitative estimate of drug-likeness (QED) is 0.841. The van der Waals surface area contributed by atoms with E-state index in [-0.39, 0.29) is 0 Å². The van der Waals surface area contributed by atoms with Gasteiger partial charge in [-0.1, -0.05) is 36.7 Å². The van der Waals surface area contributed by atoms with Crippen molar-refractivity contribution < 1.29 is 4.74 Å². The summed E-state index contributed by atoms with van der Waals surface area (Å²) in [5.41, 5.74) is 2.38. The predicted octanol–water partition coefficient (Wildman–Crippen LogP) is 4.26. The van der Waals surface area contributed by atoms with Crippen LogP contribution in [0, 0.1) is 6.92 Å². The summed E-state index contributed by atoms with van der Waals surface area (Å²) >= 11 is 6.45. The maximum absolute atomic E-state index is 6.45. The third kappa shape index (κ3) is 3.95. The second-order valence-electron chi connectivity index (χ2n) is 5.30. The first kappa shape index (κ1) is 14.8. The molecule has 0 amide bonds. The Morgan fingerprint density at radius 3 is 3.00 bits per heavy atom. The highest BCUT2D eigenvalue weighted by Crippen LogP contribution is 2.30. The van der Waals surface area contributed by atoms with Gasteiger partial charge in [0, 0.05) is 17.7 Å². The van der Waals surface area contributed by atoms with Gasteiger partial charge in [-0.15, -0.1) is 0 Å². The largest absolute Gasteiger partial charge is 0.378 e. The predicted molar refractivity (Wildman–Crippen MR) is 80.8 cm³/mol. The van der Waals surface area contributed by atoms with Crippen molar-refractivity contribution >= 4 is 11.6 Å². The summed E-state index contributed by atoms with van der Waals surface area (Å²) in [4.78, 5) is 0. The molecule has 0 aromatic heterocycles. The molecule has 2 unspecified atom stereocenters. The monoisotopic (exact) mass is 281 g/mol. The Labute approximate surface area is 121 Å². The van der Waals surface area contributed by atoms with Crippen LogP contribution in [0.2, 0.25) is 5.02 Å². The molecule has 19 heavy (non-hydrogen) atoms. The molecule has 3 heteroatoms. The van der Waals surface area contributed by atoms with Gasteiger partial charge in [-0.2, -0.15) is 0 Å². The normalized spacial score (nSPS) is 20.7. The second-order valence-corrected chi connectivity index (χ2v) is 5.68. The number of benzene rings is 1. The zero-order chi connectivity index (χ0) is 13.7. The molecule has 1 aliphatic heterocycles. The van der Waals surface area contributed by atoms with Crippen LogP contribution >= 0.6 is 11.6 Å². The lowest BCUT2D eigenvalue weighted by Crippen LogP contribution is -2.23. The highest BCUT2D eigenvalue weighted by atomic mass is 35.5. The van der Waals surface area contributed by atoms with Gasteiger partial charge in [0.15, 0.2) is 0 Å². The van der Waals surface area contributed by atoms with Gasteiger partial charge in [-0.05, 0) is 50.3 Å². The average Bonchev–Trinajstić information content (AvgIpc) is 2.91. The van der Waals surface area contributed by atoms with Crippen LogP contribution in [0.4, 0.5) is 0 Å². The molecule has 1 aromatic carbocycles. The van der Waals surface area contributed by atoms with Crippen molar-refractivity contribution in [3.63, 3.8) is 0 Å². The Balaban J connectivity index is 2.03. The number of ether oxygens (including phenoxy) is 1. The molecule has 0 saturated carbocycles. The Kier molecular flexibility index (Phi) is 5.68. The molecule has 0 radical (unpaired) electrons. The fourth-order valence-corrected chi connectivity index (χ4v) is 3.04. The molecule has 1 N–H and O–H groups in total. The van der Waals surface area contributed by atoms with Gasteiger partial charge >= 0.3 is 0 Å². The molecule has 2 atom stereocenters. The molecule has 0 aliphatic carbocycles. The number of hydrogen-bond donors (Lipinski definition) is 1. The molecule has 0 bridgehead atoms. The summed E-state index contributed by atoms with van der Waals surface area (Å²) in [6, 6.07) is 6.63. The van der Waals surface area contributed by atoms with Gasteiger partial charge in [0.05, 0.1) is 6.10 Å². The lowest BCUT2D eigenvalue weighted by Gasteiger charge is -2.22. The second kappa shape index (κ2) is 7.28. The zero-order valence-corrected chi connectivity index (χ0v) is 12.7. The minimum absolute atomic E-state index is 0.335. The summed E-state index contributed by atoms with van der Waals surface area (Å²) in [5.74, 6) is 0. The lowest BCUT2D eigenvalue weighted by molar-refractivity contribution is 0.0996. The SMILES string of the molecule is CCNC(CCC1CCCO1)c1cccc(C)c1Cl. The molecule has 2 rings (SSSR count). The van der Waals surface area contributed by atoms with Gasteiger partial charge < -0.3 is 10.1 Å². The molecule has 1 fully saturated rings. The summed E-state index contributed by atoms with van der Waals surface area (Å²) in [7, 11) is 0. The molecule has 1 saturated heterocycles. The van der Waals surface area contributed by atoms with Gasteiger partial charge in [0.2, 0.25) is 0 Å². The Bertz CT molecular complexity index is 402. The van der Waals surface area contributed by atoms with E-state index in [9.17, 15) is 0 Å². The first-order valence-electron chi connectivity index (χ1n) is 7.32. The van der Waals surface area contributed by atoms with Gasteiger partial charge in [0.1, 0.15) is 0 Å². The molecule has 106 valence electrons. The van der Waals surface area contributed by atoms with Crippen LogP contribution < -0.4 is 5.32 Å². The summed E-state index contributed by atoms with van der Waals surface area (Å²) in [5, 5.41) is 4.45. The van der Waals surface area contributed by atoms with Crippen LogP contribution in [0.15, 0.2) is 18.2 Å². The minimum Gasteiger partial charge on any atom is -0.378 e. The van der Waals surface area contributed by atoms with E-state index < -0.39 is 0 Å². The van der Waals surface area contributed by atoms with Crippen molar-refractivity contribution in [2.45, 2.75) is 51.7 Å². The Hall–Kier alpha value is -0.570. The van der Waals surface area contributed by atoms with E-state index in [1.54, 1.807) is 0 Å². The fraction of sp³-hybridized carbons (Fsp3) is 0.625. The Morgan fingerprint density at radius 1 is 1.47 bits per heavy atom. The van der Waals surface area contributed by atoms with Crippen LogP contribution in [0.5, 0.6) is 0 Å². The van der Waals surface area contributed by atoms with Crippen molar-refractivity contribution in [2.75, 3.05) is 13.2 Å². The van der Waals surface area contributed by atoms with Crippen molar-refractivity contribution in [1.29, 1.82) is 0 Å². The number of aryl methyl sites for hydroxylation is 1. The van der Waals surface area contributed by atoms with Crippen LogP contribution in [-0.4, -0.2) is 19.3 Å². The van der Waals surface area contributed by atoms with Crippen LogP contribution in [0.25, 0.3) is 0 Å². The fourth-order valence-electron chi connectivity index (χ4n) is 2.78. The molecular weight excluding hydrogens is 258 g/mol. The smallest absolute Gasteiger partial charge is 0.0576 e. The van der Waals surface area contributed by atoms with Crippen LogP contribution in [-0.2, 0) is 4.74 Å². The number of rotatable bonds is 6. The zero-order valence-electron chi connectivity index (χ0n) is 11.9. The van der Waals surface area contributed by atoms with E-state index >= 15 is 0 Å². The number of nitrogens with one attached hydrogen (secondary N) is 1. The van der Waals surface area contributed by atoms with E-state index in [1.165, 1.54) is 18.4 Å². The standard InChI is InChI=1S/C16H24ClNO/c1-3-18-15(10-9-13-7-5-11-19-13)14-8-4-6-12(2)16(14)17/h4,6,8,13,15,18H,3,5,7,9-11H2,1-2H3. The first-order chi connectivity index (χ1) is 9.22. The van der Waals surface area contributed by atoms with E-state index in [2.05, 4.69) is 37.4 Å². The maximum Gasteiger partial charge on any atom is 0.0576 e. The minimum atomic E-state index is 0.335. The van der Waals surface area contributed by atoms with Crippen LogP contribution in [0.3, 0.4) is 0 Å². The number of hydrogen-bond acceptors (Lipinski definition) is 2. The third-order valence-electron chi connectivity index (χ3n) is 3.85. The number of halogens is 1. The summed E-state index contributed by atoms with van der Waals surface area (Å²) < 4.78 is 5.71. The molecule has 1 aliphatic rings. The van der Waals surface area contributed by atoms with Gasteiger partial charge in [-0.3, -0.25) is 0 Å². The van der Waals surface area contributed by atoms with Crippen LogP contribution in [0.1, 0.15) is 49.8 Å². The third-order valence-corrected chi connectivity index (χ3v) is 4.37. The van der Waals surface area contributed by atoms with Crippen molar-refractivity contribution in [3.05, 3.63) is 34.3 Å². The molecule has 2 nitrogen and oxygen atoms in total. The van der Waals surface area contributed by atoms with Gasteiger partial charge in [-0.25, -0.2) is 0 Å². The highest BCUT2D eigenvalue weighted by molar-refractivity contribution is 6.32. The summed E-state index contributed by atoms with van der Waals surface area (Å²) in [6.45, 7) is 6.10. The van der Waals surface area contributed by atoms with Crippen molar-refractivity contribution in [1.82, 2.24) is 5.32 Å². The van der Waals surface area contributed by atoms with E-state index in [0.717, 1.165) is 36.6 Å². The molecule has 1 aromatic rings. The molecule has 1 heterocycles. The highest BCUT2D eigenvalue weighted by Gasteiger charge is 2.20. The average molecular weight is 282 g/mol. The molecular formula is C16H24ClNO. The lowest BCUT2D eigenvalue weighted by atomic mass is 9.97. The van der Waals surface area contributed by atoms with Gasteiger partial charge in [0.25, 0.3) is 0 Å². The first-order valence-corrected chi connectivity index (χ1v) is 7.70. The van der Waals surface area contributed by atoms with Crippen molar-refractivity contribution in [2.24, 2.45) is 0 Å². The molecule has 0 spiro atoms. The maximum atomic E-state index is 6.45. The van der Waals surface area contributed by atoms with Crippen molar-refractivity contribution in [3.8, 4) is 0 Å². The Morgan fingerprint density at radius 2 is 2.32 bits per heavy atom.